The third kappa shape index (κ3) is 4.07. The van der Waals surface area contributed by atoms with Crippen LogP contribution in [0.4, 0.5) is 5.69 Å². The number of hydrogen-bond acceptors (Lipinski definition) is 6. The van der Waals surface area contributed by atoms with Gasteiger partial charge < -0.3 is 14.8 Å². The molecule has 0 aliphatic carbocycles. The fourth-order valence-corrected chi connectivity index (χ4v) is 4.58. The lowest BCUT2D eigenvalue weighted by atomic mass is 10.00. The number of methoxy groups -OCH3 is 2. The maximum absolute atomic E-state index is 12.9. The Labute approximate surface area is 170 Å². The number of ether oxygens (including phenoxy) is 2. The van der Waals surface area contributed by atoms with Gasteiger partial charge in [0.15, 0.2) is 11.5 Å². The van der Waals surface area contributed by atoms with E-state index in [1.54, 1.807) is 36.1 Å². The van der Waals surface area contributed by atoms with E-state index in [0.717, 1.165) is 15.6 Å². The summed E-state index contributed by atoms with van der Waals surface area (Å²) in [7, 11) is 2.35. The number of carbonyl (C=O) groups excluding carboxylic acids is 1. The predicted molar refractivity (Wildman–Crippen MR) is 107 cm³/mol. The van der Waals surface area contributed by atoms with Crippen LogP contribution in [0.25, 0.3) is 0 Å². The molecule has 2 aromatic rings. The Balaban J connectivity index is 1.85. The number of aryl methyl sites for hydroxylation is 1. The third-order valence-corrected chi connectivity index (χ3v) is 6.77. The highest BCUT2D eigenvalue weighted by Gasteiger charge is 2.41. The molecule has 1 fully saturated rings. The van der Waals surface area contributed by atoms with E-state index in [9.17, 15) is 13.2 Å². The predicted octanol–water partition coefficient (Wildman–Crippen LogP) is 0.964. The van der Waals surface area contributed by atoms with Gasteiger partial charge in [-0.05, 0) is 25.5 Å². The lowest BCUT2D eigenvalue weighted by Crippen LogP contribution is -2.56. The van der Waals surface area contributed by atoms with Gasteiger partial charge in [-0.1, -0.05) is 0 Å². The first kappa shape index (κ1) is 21.1. The molecule has 29 heavy (non-hydrogen) atoms. The Hall–Kier alpha value is -2.63. The largest absolute Gasteiger partial charge is 0.493 e. The fourth-order valence-electron chi connectivity index (χ4n) is 3.31. The van der Waals surface area contributed by atoms with Crippen molar-refractivity contribution in [2.75, 3.05) is 26.6 Å². The highest BCUT2D eigenvalue weighted by atomic mass is 32.2. The number of aromatic nitrogens is 2. The first-order valence-electron chi connectivity index (χ1n) is 8.94. The maximum Gasteiger partial charge on any atom is 0.280 e. The molecule has 0 bridgehead atoms. The summed E-state index contributed by atoms with van der Waals surface area (Å²) in [4.78, 5) is 12.9. The lowest BCUT2D eigenvalue weighted by molar-refractivity contribution is -0.120. The average molecular weight is 423 g/mol. The Morgan fingerprint density at radius 2 is 1.93 bits per heavy atom. The van der Waals surface area contributed by atoms with Crippen LogP contribution in [-0.2, 0) is 22.1 Å². The number of benzene rings is 1. The van der Waals surface area contributed by atoms with Crippen LogP contribution in [0.15, 0.2) is 24.4 Å². The average Bonchev–Trinajstić information content (AvgIpc) is 3.02. The van der Waals surface area contributed by atoms with Crippen LogP contribution in [0.3, 0.4) is 0 Å². The summed E-state index contributed by atoms with van der Waals surface area (Å²) in [5.74, 6) is 0.552. The van der Waals surface area contributed by atoms with Crippen molar-refractivity contribution in [1.82, 2.24) is 18.8 Å². The molecule has 2 N–H and O–H groups in total. The summed E-state index contributed by atoms with van der Waals surface area (Å²) < 4.78 is 41.0. The van der Waals surface area contributed by atoms with E-state index in [-0.39, 0.29) is 6.42 Å². The van der Waals surface area contributed by atoms with Gasteiger partial charge in [-0.2, -0.15) is 22.5 Å². The molecular weight excluding hydrogens is 398 g/mol. The van der Waals surface area contributed by atoms with Gasteiger partial charge in [0, 0.05) is 37.1 Å². The van der Waals surface area contributed by atoms with Crippen LogP contribution in [0, 0.1) is 6.92 Å². The molecule has 2 atom stereocenters. The van der Waals surface area contributed by atoms with Gasteiger partial charge in [-0.15, -0.1) is 0 Å². The molecule has 1 aromatic carbocycles. The smallest absolute Gasteiger partial charge is 0.280 e. The zero-order valence-electron chi connectivity index (χ0n) is 17.0. The molecule has 1 aromatic heterocycles. The summed E-state index contributed by atoms with van der Waals surface area (Å²) in [6, 6.07) is 3.51. The molecule has 0 unspecified atom stereocenters. The minimum absolute atomic E-state index is 0.265. The second kappa shape index (κ2) is 8.01. The summed E-state index contributed by atoms with van der Waals surface area (Å²) in [6.45, 7) is 1.85. The standard InChI is InChI=1S/C18H25N5O5S/c1-11-13(10-19-22(11)2)14-9-15(23(3)29(25,26)21-14)18(24)20-12-6-7-16(27-4)17(8-12)28-5/h6-8,10,14-15,21H,9H2,1-5H3,(H,20,24)/t14-,15+/m0/s1. The van der Waals surface area contributed by atoms with Gasteiger partial charge in [0.2, 0.25) is 5.91 Å². The molecule has 2 heterocycles. The molecule has 1 aliphatic heterocycles. The maximum atomic E-state index is 12.9. The van der Waals surface area contributed by atoms with Crippen LogP contribution in [0.2, 0.25) is 0 Å². The van der Waals surface area contributed by atoms with Crippen LogP contribution in [0.1, 0.15) is 23.7 Å². The number of nitrogens with zero attached hydrogens (tertiary/aromatic N) is 3. The Morgan fingerprint density at radius 1 is 1.24 bits per heavy atom. The number of rotatable bonds is 5. The van der Waals surface area contributed by atoms with E-state index in [1.165, 1.54) is 21.3 Å². The van der Waals surface area contributed by atoms with E-state index in [1.807, 2.05) is 6.92 Å². The van der Waals surface area contributed by atoms with Crippen molar-refractivity contribution in [3.8, 4) is 11.5 Å². The van der Waals surface area contributed by atoms with Crippen molar-refractivity contribution in [3.05, 3.63) is 35.7 Å². The molecule has 1 saturated heterocycles. The van der Waals surface area contributed by atoms with Crippen molar-refractivity contribution in [3.63, 3.8) is 0 Å². The molecule has 1 aliphatic rings. The number of amides is 1. The van der Waals surface area contributed by atoms with Gasteiger partial charge in [0.25, 0.3) is 10.2 Å². The van der Waals surface area contributed by atoms with Gasteiger partial charge in [0.1, 0.15) is 6.04 Å². The van der Waals surface area contributed by atoms with E-state index in [4.69, 9.17) is 9.47 Å². The zero-order valence-corrected chi connectivity index (χ0v) is 17.8. The number of carbonyl (C=O) groups is 1. The number of likely N-dealkylation sites (N-methyl/N-ethyl adjacent to an activating group) is 1. The summed E-state index contributed by atoms with van der Waals surface area (Å²) in [5.41, 5.74) is 2.06. The molecule has 158 valence electrons. The Bertz CT molecular complexity index is 1020. The topological polar surface area (TPSA) is 115 Å². The molecule has 1 amide bonds. The molecule has 0 saturated carbocycles. The van der Waals surface area contributed by atoms with Crippen molar-refractivity contribution < 1.29 is 22.7 Å². The lowest BCUT2D eigenvalue weighted by Gasteiger charge is -2.36. The quantitative estimate of drug-likeness (QED) is 0.740. The van der Waals surface area contributed by atoms with Crippen molar-refractivity contribution in [2.45, 2.75) is 25.4 Å². The first-order chi connectivity index (χ1) is 13.7. The van der Waals surface area contributed by atoms with E-state index < -0.39 is 28.2 Å². The van der Waals surface area contributed by atoms with E-state index in [2.05, 4.69) is 15.1 Å². The summed E-state index contributed by atoms with van der Waals surface area (Å²) in [6.07, 6.45) is 1.89. The number of hydrogen-bond donors (Lipinski definition) is 2. The molecule has 0 radical (unpaired) electrons. The van der Waals surface area contributed by atoms with Gasteiger partial charge in [-0.25, -0.2) is 0 Å². The molecule has 0 spiro atoms. The number of nitrogens with one attached hydrogen (secondary N) is 2. The van der Waals surface area contributed by atoms with Gasteiger partial charge >= 0.3 is 0 Å². The SMILES string of the molecule is COc1ccc(NC(=O)[C@H]2C[C@@H](c3cnn(C)c3C)NS(=O)(=O)N2C)cc1OC. The second-order valence-electron chi connectivity index (χ2n) is 6.81. The van der Waals surface area contributed by atoms with Crippen molar-refractivity contribution in [2.24, 2.45) is 7.05 Å². The van der Waals surface area contributed by atoms with Crippen LogP contribution >= 0.6 is 0 Å². The highest BCUT2D eigenvalue weighted by molar-refractivity contribution is 7.87. The molecule has 11 heteroatoms. The molecule has 10 nitrogen and oxygen atoms in total. The third-order valence-electron chi connectivity index (χ3n) is 5.17. The Morgan fingerprint density at radius 3 is 2.52 bits per heavy atom. The summed E-state index contributed by atoms with van der Waals surface area (Å²) in [5, 5.41) is 6.94. The van der Waals surface area contributed by atoms with Crippen LogP contribution in [-0.4, -0.2) is 55.7 Å². The Kier molecular flexibility index (Phi) is 5.82. The normalized spacial score (nSPS) is 21.6. The monoisotopic (exact) mass is 423 g/mol. The van der Waals surface area contributed by atoms with Gasteiger partial charge in [-0.3, -0.25) is 9.48 Å². The van der Waals surface area contributed by atoms with Crippen LogP contribution < -0.4 is 19.5 Å². The van der Waals surface area contributed by atoms with Gasteiger partial charge in [0.05, 0.1) is 26.5 Å². The summed E-state index contributed by atoms with van der Waals surface area (Å²) >= 11 is 0. The van der Waals surface area contributed by atoms with Crippen molar-refractivity contribution >= 4 is 21.8 Å². The number of anilines is 1. The van der Waals surface area contributed by atoms with E-state index >= 15 is 0 Å². The molecule has 3 rings (SSSR count). The minimum atomic E-state index is -3.84. The minimum Gasteiger partial charge on any atom is -0.493 e. The molecular formula is C18H25N5O5S. The van der Waals surface area contributed by atoms with Crippen LogP contribution in [0.5, 0.6) is 11.5 Å². The van der Waals surface area contributed by atoms with Crippen molar-refractivity contribution in [1.29, 1.82) is 0 Å². The highest BCUT2D eigenvalue weighted by Crippen LogP contribution is 2.32. The first-order valence-corrected chi connectivity index (χ1v) is 10.4. The van der Waals surface area contributed by atoms with E-state index in [0.29, 0.717) is 17.2 Å². The fraction of sp³-hybridized carbons (Fsp3) is 0.444. The second-order valence-corrected chi connectivity index (χ2v) is 8.57. The zero-order chi connectivity index (χ0) is 21.3.